The molecule has 160 valence electrons. The summed E-state index contributed by atoms with van der Waals surface area (Å²) in [5, 5.41) is 3.09. The van der Waals surface area contributed by atoms with Crippen molar-refractivity contribution in [1.82, 2.24) is 9.88 Å². The van der Waals surface area contributed by atoms with Gasteiger partial charge in [0.05, 0.1) is 17.8 Å². The molecule has 0 bridgehead atoms. The Balaban J connectivity index is 1.22. The molecule has 4 rings (SSSR count). The van der Waals surface area contributed by atoms with E-state index >= 15 is 0 Å². The molecule has 30 heavy (non-hydrogen) atoms. The van der Waals surface area contributed by atoms with Gasteiger partial charge in [0.1, 0.15) is 0 Å². The van der Waals surface area contributed by atoms with Crippen molar-refractivity contribution in [3.8, 4) is 0 Å². The SMILES string of the molecule is CC(C)CCN1CCC(c2ccc(NC(=O)C3CN(c4cccnc4)C3)cc2)CC1. The van der Waals surface area contributed by atoms with E-state index in [1.54, 1.807) is 6.20 Å². The standard InChI is InChI=1S/C25H34N4O/c1-19(2)9-13-28-14-10-21(11-15-28)20-5-7-23(8-6-20)27-25(30)22-17-29(18-22)24-4-3-12-26-16-24/h3-8,12,16,19,21-22H,9-11,13-15,17-18H2,1-2H3,(H,27,30). The number of pyridine rings is 1. The lowest BCUT2D eigenvalue weighted by atomic mass is 9.89. The summed E-state index contributed by atoms with van der Waals surface area (Å²) < 4.78 is 0. The summed E-state index contributed by atoms with van der Waals surface area (Å²) in [6.45, 7) is 9.74. The number of carbonyl (C=O) groups excluding carboxylic acids is 1. The first-order chi connectivity index (χ1) is 14.6. The van der Waals surface area contributed by atoms with E-state index in [0.29, 0.717) is 5.92 Å². The van der Waals surface area contributed by atoms with Crippen molar-refractivity contribution < 1.29 is 4.79 Å². The molecule has 2 saturated heterocycles. The summed E-state index contributed by atoms with van der Waals surface area (Å²) in [5.74, 6) is 1.58. The van der Waals surface area contributed by atoms with Crippen molar-refractivity contribution in [2.75, 3.05) is 42.9 Å². The summed E-state index contributed by atoms with van der Waals surface area (Å²) >= 11 is 0. The van der Waals surface area contributed by atoms with E-state index in [1.807, 2.05) is 18.3 Å². The number of hydrogen-bond acceptors (Lipinski definition) is 4. The van der Waals surface area contributed by atoms with Gasteiger partial charge in [0, 0.05) is 25.0 Å². The van der Waals surface area contributed by atoms with Crippen molar-refractivity contribution in [2.24, 2.45) is 11.8 Å². The predicted octanol–water partition coefficient (Wildman–Crippen LogP) is 4.38. The highest BCUT2D eigenvalue weighted by molar-refractivity contribution is 5.94. The third-order valence-corrected chi connectivity index (χ3v) is 6.52. The number of rotatable bonds is 7. The maximum absolute atomic E-state index is 12.5. The van der Waals surface area contributed by atoms with Gasteiger partial charge in [0.2, 0.25) is 5.91 Å². The first-order valence-corrected chi connectivity index (χ1v) is 11.4. The molecule has 0 saturated carbocycles. The lowest BCUT2D eigenvalue weighted by Crippen LogP contribution is -2.52. The van der Waals surface area contributed by atoms with Gasteiger partial charge in [-0.25, -0.2) is 0 Å². The minimum Gasteiger partial charge on any atom is -0.369 e. The highest BCUT2D eigenvalue weighted by atomic mass is 16.2. The summed E-state index contributed by atoms with van der Waals surface area (Å²) in [6.07, 6.45) is 7.38. The van der Waals surface area contributed by atoms with Gasteiger partial charge in [-0.15, -0.1) is 0 Å². The van der Waals surface area contributed by atoms with Crippen molar-refractivity contribution in [2.45, 2.75) is 39.0 Å². The monoisotopic (exact) mass is 406 g/mol. The van der Waals surface area contributed by atoms with Crippen LogP contribution in [0.5, 0.6) is 0 Å². The van der Waals surface area contributed by atoms with Crippen LogP contribution in [-0.4, -0.2) is 48.5 Å². The van der Waals surface area contributed by atoms with Gasteiger partial charge in [-0.05, 0) is 80.6 Å². The number of nitrogens with one attached hydrogen (secondary N) is 1. The number of hydrogen-bond donors (Lipinski definition) is 1. The molecule has 1 amide bonds. The van der Waals surface area contributed by atoms with Crippen LogP contribution in [0.15, 0.2) is 48.8 Å². The van der Waals surface area contributed by atoms with Gasteiger partial charge in [-0.1, -0.05) is 26.0 Å². The average Bonchev–Trinajstić information content (AvgIpc) is 2.73. The third-order valence-electron chi connectivity index (χ3n) is 6.52. The van der Waals surface area contributed by atoms with Crippen LogP contribution in [0.1, 0.15) is 44.6 Å². The van der Waals surface area contributed by atoms with E-state index in [1.165, 1.54) is 44.5 Å². The Bertz CT molecular complexity index is 807. The smallest absolute Gasteiger partial charge is 0.231 e. The highest BCUT2D eigenvalue weighted by Crippen LogP contribution is 2.30. The second-order valence-electron chi connectivity index (χ2n) is 9.22. The predicted molar refractivity (Wildman–Crippen MR) is 123 cm³/mol. The Labute approximate surface area is 180 Å². The molecule has 2 aliphatic heterocycles. The molecule has 1 aromatic carbocycles. The molecule has 2 aliphatic rings. The lowest BCUT2D eigenvalue weighted by molar-refractivity contribution is -0.120. The van der Waals surface area contributed by atoms with Crippen LogP contribution in [-0.2, 0) is 4.79 Å². The van der Waals surface area contributed by atoms with E-state index in [0.717, 1.165) is 30.4 Å². The number of aromatic nitrogens is 1. The molecule has 1 aromatic heterocycles. The number of anilines is 2. The second kappa shape index (κ2) is 9.61. The van der Waals surface area contributed by atoms with Crippen molar-refractivity contribution in [3.63, 3.8) is 0 Å². The van der Waals surface area contributed by atoms with Crippen LogP contribution in [0.4, 0.5) is 11.4 Å². The van der Waals surface area contributed by atoms with E-state index in [4.69, 9.17) is 0 Å². The molecule has 0 atom stereocenters. The highest BCUT2D eigenvalue weighted by Gasteiger charge is 2.33. The first kappa shape index (κ1) is 20.9. The van der Waals surface area contributed by atoms with Gasteiger partial charge in [-0.2, -0.15) is 0 Å². The zero-order valence-corrected chi connectivity index (χ0v) is 18.3. The minimum absolute atomic E-state index is 0.0417. The number of piperidine rings is 1. The van der Waals surface area contributed by atoms with Crippen LogP contribution >= 0.6 is 0 Å². The third kappa shape index (κ3) is 5.20. The largest absolute Gasteiger partial charge is 0.369 e. The van der Waals surface area contributed by atoms with E-state index < -0.39 is 0 Å². The van der Waals surface area contributed by atoms with Gasteiger partial charge >= 0.3 is 0 Å². The summed E-state index contributed by atoms with van der Waals surface area (Å²) in [7, 11) is 0. The zero-order chi connectivity index (χ0) is 20.9. The number of nitrogens with zero attached hydrogens (tertiary/aromatic N) is 3. The molecule has 3 heterocycles. The van der Waals surface area contributed by atoms with Crippen LogP contribution in [0.25, 0.3) is 0 Å². The van der Waals surface area contributed by atoms with E-state index in [-0.39, 0.29) is 11.8 Å². The molecule has 5 heteroatoms. The van der Waals surface area contributed by atoms with Gasteiger partial charge in [-0.3, -0.25) is 9.78 Å². The fourth-order valence-electron chi connectivity index (χ4n) is 4.41. The first-order valence-electron chi connectivity index (χ1n) is 11.4. The zero-order valence-electron chi connectivity index (χ0n) is 18.3. The molecule has 2 aromatic rings. The minimum atomic E-state index is 0.0417. The van der Waals surface area contributed by atoms with Crippen LogP contribution < -0.4 is 10.2 Å². The molecular weight excluding hydrogens is 372 g/mol. The number of likely N-dealkylation sites (tertiary alicyclic amines) is 1. The number of carbonyl (C=O) groups is 1. The van der Waals surface area contributed by atoms with Gasteiger partial charge in [0.15, 0.2) is 0 Å². The molecular formula is C25H34N4O. The normalized spacial score (nSPS) is 18.4. The topological polar surface area (TPSA) is 48.5 Å². The molecule has 0 unspecified atom stereocenters. The Morgan fingerprint density at radius 1 is 1.13 bits per heavy atom. The Morgan fingerprint density at radius 2 is 1.87 bits per heavy atom. The summed E-state index contributed by atoms with van der Waals surface area (Å²) in [5.41, 5.74) is 3.39. The molecule has 0 radical (unpaired) electrons. The molecule has 0 spiro atoms. The maximum atomic E-state index is 12.5. The van der Waals surface area contributed by atoms with E-state index in [9.17, 15) is 4.79 Å². The fraction of sp³-hybridized carbons (Fsp3) is 0.520. The maximum Gasteiger partial charge on any atom is 0.231 e. The van der Waals surface area contributed by atoms with E-state index in [2.05, 4.69) is 58.2 Å². The van der Waals surface area contributed by atoms with Crippen molar-refractivity contribution >= 4 is 17.3 Å². The van der Waals surface area contributed by atoms with Crippen molar-refractivity contribution in [1.29, 1.82) is 0 Å². The summed E-state index contributed by atoms with van der Waals surface area (Å²) in [4.78, 5) is 21.5. The Hall–Kier alpha value is -2.40. The summed E-state index contributed by atoms with van der Waals surface area (Å²) in [6, 6.07) is 12.5. The van der Waals surface area contributed by atoms with Crippen LogP contribution in [0.3, 0.4) is 0 Å². The number of benzene rings is 1. The van der Waals surface area contributed by atoms with Crippen molar-refractivity contribution in [3.05, 3.63) is 54.4 Å². The van der Waals surface area contributed by atoms with Crippen LogP contribution in [0.2, 0.25) is 0 Å². The molecule has 1 N–H and O–H groups in total. The Kier molecular flexibility index (Phi) is 6.68. The fourth-order valence-corrected chi connectivity index (χ4v) is 4.41. The molecule has 0 aliphatic carbocycles. The average molecular weight is 407 g/mol. The van der Waals surface area contributed by atoms with Gasteiger partial charge < -0.3 is 15.1 Å². The Morgan fingerprint density at radius 3 is 2.50 bits per heavy atom. The van der Waals surface area contributed by atoms with Crippen LogP contribution in [0, 0.1) is 11.8 Å². The second-order valence-corrected chi connectivity index (χ2v) is 9.22. The quantitative estimate of drug-likeness (QED) is 0.741. The van der Waals surface area contributed by atoms with Gasteiger partial charge in [0.25, 0.3) is 0 Å². The lowest BCUT2D eigenvalue weighted by Gasteiger charge is -2.39. The molecule has 5 nitrogen and oxygen atoms in total. The molecule has 2 fully saturated rings. The number of amides is 1.